The molecule has 0 aliphatic heterocycles. The molecule has 0 aliphatic carbocycles. The zero-order valence-corrected chi connectivity index (χ0v) is 14.0. The molecule has 124 valence electrons. The number of rotatable bonds is 9. The number of H-pyrrole nitrogens is 1. The van der Waals surface area contributed by atoms with Gasteiger partial charge < -0.3 is 4.98 Å². The number of unbranched alkanes of at least 4 members (excludes halogenated alkanes) is 5. The van der Waals surface area contributed by atoms with Crippen molar-refractivity contribution < 1.29 is 9.59 Å². The third-order valence-electron chi connectivity index (χ3n) is 2.62. The molecular weight excluding hydrogens is 274 g/mol. The van der Waals surface area contributed by atoms with Gasteiger partial charge in [-0.05, 0) is 43.5 Å². The van der Waals surface area contributed by atoms with Crippen molar-refractivity contribution in [2.45, 2.75) is 58.8 Å². The van der Waals surface area contributed by atoms with Crippen molar-refractivity contribution in [3.8, 4) is 0 Å². The summed E-state index contributed by atoms with van der Waals surface area (Å²) in [5.41, 5.74) is 0. The van der Waals surface area contributed by atoms with Gasteiger partial charge in [0.15, 0.2) is 0 Å². The van der Waals surface area contributed by atoms with Crippen LogP contribution in [0.4, 0.5) is 0 Å². The Kier molecular flexibility index (Phi) is 24.6. The van der Waals surface area contributed by atoms with Gasteiger partial charge in [0.05, 0.1) is 0 Å². The van der Waals surface area contributed by atoms with Gasteiger partial charge in [0.1, 0.15) is 12.6 Å². The zero-order valence-electron chi connectivity index (χ0n) is 14.0. The van der Waals surface area contributed by atoms with Crippen LogP contribution in [0.1, 0.15) is 58.8 Å². The van der Waals surface area contributed by atoms with E-state index in [0.717, 1.165) is 25.4 Å². The van der Waals surface area contributed by atoms with E-state index in [2.05, 4.69) is 18.8 Å². The van der Waals surface area contributed by atoms with E-state index in [4.69, 9.17) is 0 Å². The lowest BCUT2D eigenvalue weighted by Gasteiger charge is -1.88. The molecule has 0 atom stereocenters. The van der Waals surface area contributed by atoms with Crippen LogP contribution in [-0.4, -0.2) is 17.6 Å². The van der Waals surface area contributed by atoms with E-state index in [9.17, 15) is 9.59 Å². The van der Waals surface area contributed by atoms with Crippen molar-refractivity contribution in [2.75, 3.05) is 0 Å². The van der Waals surface area contributed by atoms with E-state index in [1.165, 1.54) is 32.1 Å². The Labute approximate surface area is 135 Å². The fourth-order valence-corrected chi connectivity index (χ4v) is 1.42. The lowest BCUT2D eigenvalue weighted by molar-refractivity contribution is -0.104. The molecule has 3 nitrogen and oxygen atoms in total. The first-order valence-electron chi connectivity index (χ1n) is 8.11. The second kappa shape index (κ2) is 24.1. The maximum absolute atomic E-state index is 9.75. The van der Waals surface area contributed by atoms with Gasteiger partial charge >= 0.3 is 0 Å². The molecular formula is C19H31NO2. The van der Waals surface area contributed by atoms with Gasteiger partial charge in [-0.1, -0.05) is 51.7 Å². The number of aromatic amines is 1. The first-order chi connectivity index (χ1) is 10.8. The van der Waals surface area contributed by atoms with E-state index < -0.39 is 0 Å². The largest absolute Gasteiger partial charge is 0.368 e. The van der Waals surface area contributed by atoms with Crippen LogP contribution in [0.2, 0.25) is 0 Å². The van der Waals surface area contributed by atoms with E-state index in [1.807, 2.05) is 36.7 Å². The highest BCUT2D eigenvalue weighted by atomic mass is 16.1. The average Bonchev–Trinajstić information content (AvgIpc) is 3.12. The Morgan fingerprint density at radius 3 is 1.64 bits per heavy atom. The van der Waals surface area contributed by atoms with E-state index in [-0.39, 0.29) is 0 Å². The van der Waals surface area contributed by atoms with Gasteiger partial charge in [0, 0.05) is 12.4 Å². The first kappa shape index (κ1) is 22.4. The predicted octanol–water partition coefficient (Wildman–Crippen LogP) is 5.27. The lowest BCUT2D eigenvalue weighted by atomic mass is 10.2. The van der Waals surface area contributed by atoms with Crippen molar-refractivity contribution in [1.82, 2.24) is 4.98 Å². The molecule has 1 rings (SSSR count). The summed E-state index contributed by atoms with van der Waals surface area (Å²) in [4.78, 5) is 22.3. The van der Waals surface area contributed by atoms with Crippen molar-refractivity contribution in [2.24, 2.45) is 0 Å². The van der Waals surface area contributed by atoms with Crippen molar-refractivity contribution in [3.05, 3.63) is 48.8 Å². The highest BCUT2D eigenvalue weighted by molar-refractivity contribution is 5.64. The fourth-order valence-electron chi connectivity index (χ4n) is 1.42. The van der Waals surface area contributed by atoms with Crippen LogP contribution >= 0.6 is 0 Å². The van der Waals surface area contributed by atoms with Gasteiger partial charge in [0.2, 0.25) is 0 Å². The maximum atomic E-state index is 9.75. The fraction of sp³-hybridized carbons (Fsp3) is 0.474. The molecule has 0 spiro atoms. The summed E-state index contributed by atoms with van der Waals surface area (Å²) < 4.78 is 0. The van der Waals surface area contributed by atoms with Crippen LogP contribution in [0.3, 0.4) is 0 Å². The summed E-state index contributed by atoms with van der Waals surface area (Å²) >= 11 is 0. The molecule has 1 heterocycles. The quantitative estimate of drug-likeness (QED) is 0.384. The van der Waals surface area contributed by atoms with Gasteiger partial charge in [0.25, 0.3) is 0 Å². The van der Waals surface area contributed by atoms with Crippen LogP contribution in [0.15, 0.2) is 48.8 Å². The normalized spacial score (nSPS) is 9.73. The minimum Gasteiger partial charge on any atom is -0.368 e. The Hall–Kier alpha value is -1.90. The molecule has 3 heteroatoms. The Balaban J connectivity index is 0. The third kappa shape index (κ3) is 26.6. The molecule has 0 aromatic carbocycles. The molecule has 1 N–H and O–H groups in total. The van der Waals surface area contributed by atoms with Crippen molar-refractivity contribution in [3.63, 3.8) is 0 Å². The van der Waals surface area contributed by atoms with Crippen LogP contribution in [0.25, 0.3) is 0 Å². The highest BCUT2D eigenvalue weighted by Gasteiger charge is 1.79. The summed E-state index contributed by atoms with van der Waals surface area (Å²) in [6.45, 7) is 4.30. The number of carbonyl (C=O) groups excluding carboxylic acids is 2. The Bertz CT molecular complexity index is 336. The van der Waals surface area contributed by atoms with E-state index >= 15 is 0 Å². The first-order valence-corrected chi connectivity index (χ1v) is 8.11. The average molecular weight is 305 g/mol. The van der Waals surface area contributed by atoms with E-state index in [0.29, 0.717) is 0 Å². The number of hydrogen-bond donors (Lipinski definition) is 1. The summed E-state index contributed by atoms with van der Waals surface area (Å²) in [5.74, 6) is 0. The van der Waals surface area contributed by atoms with Crippen LogP contribution in [0.5, 0.6) is 0 Å². The standard InChI is InChI=1S/C8H14O.C7H12O.C4H5N/c1-2-3-4-5-6-7-8-9;1-2-3-4-5-6-7-8;1-2-4-5-3-1/h6-8H,2-5H2,1H3;5-7H,2-4H2,1H3;1-5H. The number of aromatic nitrogens is 1. The SMILES string of the molecule is CCCCC=CC=O.CCCCCC=CC=O.c1cc[nH]c1. The third-order valence-corrected chi connectivity index (χ3v) is 2.62. The van der Waals surface area contributed by atoms with Crippen molar-refractivity contribution >= 4 is 12.6 Å². The molecule has 0 amide bonds. The maximum Gasteiger partial charge on any atom is 0.142 e. The Morgan fingerprint density at radius 2 is 1.27 bits per heavy atom. The molecule has 0 bridgehead atoms. The van der Waals surface area contributed by atoms with E-state index in [1.54, 1.807) is 12.2 Å². The summed E-state index contributed by atoms with van der Waals surface area (Å²) in [7, 11) is 0. The minimum absolute atomic E-state index is 0.815. The van der Waals surface area contributed by atoms with Crippen LogP contribution in [0, 0.1) is 0 Å². The lowest BCUT2D eigenvalue weighted by Crippen LogP contribution is -1.70. The van der Waals surface area contributed by atoms with Crippen LogP contribution < -0.4 is 0 Å². The van der Waals surface area contributed by atoms with Gasteiger partial charge in [-0.2, -0.15) is 0 Å². The molecule has 0 radical (unpaired) electrons. The zero-order chi connectivity index (χ0) is 16.7. The predicted molar refractivity (Wildman–Crippen MR) is 94.9 cm³/mol. The molecule has 0 fully saturated rings. The molecule has 0 aliphatic rings. The number of aldehydes is 2. The van der Waals surface area contributed by atoms with Crippen molar-refractivity contribution in [1.29, 1.82) is 0 Å². The molecule has 22 heavy (non-hydrogen) atoms. The summed E-state index contributed by atoms with van der Waals surface area (Å²) in [5, 5.41) is 0. The molecule has 1 aromatic rings. The minimum atomic E-state index is 0.815. The second-order valence-corrected chi connectivity index (χ2v) is 4.65. The van der Waals surface area contributed by atoms with Gasteiger partial charge in [-0.3, -0.25) is 9.59 Å². The number of carbonyl (C=O) groups is 2. The van der Waals surface area contributed by atoms with Crippen LogP contribution in [-0.2, 0) is 9.59 Å². The summed E-state index contributed by atoms with van der Waals surface area (Å²) in [6.07, 6.45) is 20.5. The highest BCUT2D eigenvalue weighted by Crippen LogP contribution is 1.98. The van der Waals surface area contributed by atoms with Gasteiger partial charge in [-0.25, -0.2) is 0 Å². The molecule has 1 aromatic heterocycles. The summed E-state index contributed by atoms with van der Waals surface area (Å²) in [6, 6.07) is 3.89. The number of allylic oxidation sites excluding steroid dienone is 4. The molecule has 0 unspecified atom stereocenters. The molecule has 0 saturated heterocycles. The number of hydrogen-bond acceptors (Lipinski definition) is 2. The second-order valence-electron chi connectivity index (χ2n) is 4.65. The Morgan fingerprint density at radius 1 is 0.773 bits per heavy atom. The molecule has 0 saturated carbocycles. The number of nitrogens with one attached hydrogen (secondary N) is 1. The topological polar surface area (TPSA) is 49.9 Å². The van der Waals surface area contributed by atoms with Gasteiger partial charge in [-0.15, -0.1) is 0 Å². The monoisotopic (exact) mass is 305 g/mol. The smallest absolute Gasteiger partial charge is 0.142 e.